The lowest BCUT2D eigenvalue weighted by Gasteiger charge is -2.31. The second-order valence-corrected chi connectivity index (χ2v) is 15.5. The van der Waals surface area contributed by atoms with Crippen molar-refractivity contribution in [3.63, 3.8) is 0 Å². The van der Waals surface area contributed by atoms with Crippen LogP contribution >= 0.6 is 11.3 Å². The van der Waals surface area contributed by atoms with Crippen molar-refractivity contribution in [2.24, 2.45) is 0 Å². The Morgan fingerprint density at radius 1 is 0.327 bits per heavy atom. The summed E-state index contributed by atoms with van der Waals surface area (Å²) in [6.07, 6.45) is 0. The molecule has 0 saturated carbocycles. The van der Waals surface area contributed by atoms with Gasteiger partial charge in [0.1, 0.15) is 0 Å². The number of rotatable bonds is 2. The van der Waals surface area contributed by atoms with Gasteiger partial charge in [0.25, 0.3) is 0 Å². The largest absolute Gasteiger partial charge is 0.135 e. The van der Waals surface area contributed by atoms with Crippen molar-refractivity contribution in [3.05, 3.63) is 204 Å². The summed E-state index contributed by atoms with van der Waals surface area (Å²) in [5.41, 5.74) is 15.6. The molecule has 0 nitrogen and oxygen atoms in total. The molecule has 2 aliphatic carbocycles. The molecule has 0 radical (unpaired) electrons. The summed E-state index contributed by atoms with van der Waals surface area (Å²) in [5, 5.41) is 7.79. The molecule has 12 rings (SSSR count). The quantitative estimate of drug-likeness (QED) is 0.171. The maximum Gasteiger partial charge on any atom is 0.0731 e. The molecule has 0 saturated heterocycles. The third kappa shape index (κ3) is 3.66. The number of fused-ring (bicyclic) bond motifs is 16. The highest BCUT2D eigenvalue weighted by molar-refractivity contribution is 7.25. The fourth-order valence-electron chi connectivity index (χ4n) is 9.70. The molecule has 0 fully saturated rings. The second kappa shape index (κ2) is 10.4. The van der Waals surface area contributed by atoms with Crippen LogP contribution in [0.4, 0.5) is 0 Å². The molecule has 240 valence electrons. The van der Waals surface area contributed by atoms with Crippen LogP contribution in [0.1, 0.15) is 22.3 Å². The Labute approximate surface area is 305 Å². The molecule has 0 bridgehead atoms. The van der Waals surface area contributed by atoms with Gasteiger partial charge in [-0.05, 0) is 119 Å². The maximum absolute atomic E-state index is 2.44. The van der Waals surface area contributed by atoms with Gasteiger partial charge in [-0.2, -0.15) is 0 Å². The third-order valence-corrected chi connectivity index (χ3v) is 13.0. The van der Waals surface area contributed by atoms with Gasteiger partial charge in [-0.3, -0.25) is 0 Å². The van der Waals surface area contributed by atoms with Gasteiger partial charge in [-0.25, -0.2) is 0 Å². The van der Waals surface area contributed by atoms with E-state index in [9.17, 15) is 0 Å². The molecule has 9 aromatic carbocycles. The van der Waals surface area contributed by atoms with E-state index in [1.807, 2.05) is 11.3 Å². The van der Waals surface area contributed by atoms with Crippen LogP contribution in [-0.2, 0) is 5.41 Å². The first kappa shape index (κ1) is 28.4. The molecule has 10 aromatic rings. The molecule has 0 atom stereocenters. The Balaban J connectivity index is 1.08. The van der Waals surface area contributed by atoms with Crippen molar-refractivity contribution in [2.45, 2.75) is 5.41 Å². The second-order valence-electron chi connectivity index (χ2n) is 14.4. The van der Waals surface area contributed by atoms with Gasteiger partial charge in [0.15, 0.2) is 0 Å². The van der Waals surface area contributed by atoms with E-state index in [0.29, 0.717) is 0 Å². The molecule has 0 amide bonds. The molecule has 1 heteroatoms. The van der Waals surface area contributed by atoms with E-state index in [1.54, 1.807) is 0 Å². The Hall–Kier alpha value is -6.28. The fraction of sp³-hybridized carbons (Fsp3) is 0.0196. The smallest absolute Gasteiger partial charge is 0.0731 e. The highest BCUT2D eigenvalue weighted by Crippen LogP contribution is 2.65. The van der Waals surface area contributed by atoms with Crippen molar-refractivity contribution < 1.29 is 0 Å². The molecule has 0 N–H and O–H groups in total. The first-order valence-electron chi connectivity index (χ1n) is 18.1. The van der Waals surface area contributed by atoms with E-state index in [4.69, 9.17) is 0 Å². The van der Waals surface area contributed by atoms with Crippen molar-refractivity contribution in [1.29, 1.82) is 0 Å². The van der Waals surface area contributed by atoms with Crippen molar-refractivity contribution >= 4 is 53.1 Å². The normalized spacial score (nSPS) is 13.5. The highest BCUT2D eigenvalue weighted by Gasteiger charge is 2.52. The average molecular weight is 675 g/mol. The van der Waals surface area contributed by atoms with Crippen LogP contribution in [0.15, 0.2) is 182 Å². The van der Waals surface area contributed by atoms with Gasteiger partial charge in [0.2, 0.25) is 0 Å². The Morgan fingerprint density at radius 2 is 0.865 bits per heavy atom. The average Bonchev–Trinajstić information content (AvgIpc) is 3.84. The van der Waals surface area contributed by atoms with Gasteiger partial charge < -0.3 is 0 Å². The molecular formula is C51H30S. The number of benzene rings is 9. The molecule has 2 aliphatic rings. The minimum Gasteiger partial charge on any atom is -0.135 e. The predicted octanol–water partition coefficient (Wildman–Crippen LogP) is 14.0. The zero-order chi connectivity index (χ0) is 34.0. The van der Waals surface area contributed by atoms with Crippen LogP contribution in [0.5, 0.6) is 0 Å². The third-order valence-electron chi connectivity index (χ3n) is 11.8. The Morgan fingerprint density at radius 3 is 1.63 bits per heavy atom. The predicted molar refractivity (Wildman–Crippen MR) is 222 cm³/mol. The van der Waals surface area contributed by atoms with Gasteiger partial charge in [-0.15, -0.1) is 11.3 Å². The lowest BCUT2D eigenvalue weighted by Crippen LogP contribution is -2.26. The van der Waals surface area contributed by atoms with Crippen LogP contribution < -0.4 is 0 Å². The number of thiophene rings is 1. The summed E-state index contributed by atoms with van der Waals surface area (Å²) in [6.45, 7) is 0. The van der Waals surface area contributed by atoms with Crippen LogP contribution in [0.2, 0.25) is 0 Å². The SMILES string of the molecule is c1ccc2c(c1)-c1ccccc1C21c2ccccc2-c2c(-c3ccc4cc(-c5ccc6c(c5)sc5ccccc56)ccc4c3)cc3ccccc3c21. The molecule has 52 heavy (non-hydrogen) atoms. The minimum atomic E-state index is -0.393. The lowest BCUT2D eigenvalue weighted by atomic mass is 9.69. The van der Waals surface area contributed by atoms with Gasteiger partial charge >= 0.3 is 0 Å². The van der Waals surface area contributed by atoms with E-state index < -0.39 is 5.41 Å². The van der Waals surface area contributed by atoms with E-state index in [0.717, 1.165) is 0 Å². The fourth-order valence-corrected chi connectivity index (χ4v) is 10.8. The standard InChI is InChI=1S/C51H30S/c1-2-12-37-35(11-1)29-43(49-42-16-5-9-19-46(42)51(50(37)49)44-17-7-3-13-38(44)39-14-4-8-18-45(39)51)36-24-23-31-27-32(21-22-33(31)28-36)34-25-26-41-40-15-6-10-20-47(40)52-48(41)30-34/h1-30H. The minimum absolute atomic E-state index is 0.393. The molecular weight excluding hydrogens is 645 g/mol. The van der Waals surface area contributed by atoms with E-state index in [-0.39, 0.29) is 0 Å². The molecule has 1 spiro atoms. The zero-order valence-corrected chi connectivity index (χ0v) is 29.0. The molecule has 0 aliphatic heterocycles. The van der Waals surface area contributed by atoms with Crippen LogP contribution in [0.3, 0.4) is 0 Å². The summed E-state index contributed by atoms with van der Waals surface area (Å²) >= 11 is 1.88. The van der Waals surface area contributed by atoms with Crippen LogP contribution in [-0.4, -0.2) is 0 Å². The molecule has 0 unspecified atom stereocenters. The van der Waals surface area contributed by atoms with E-state index in [1.165, 1.54) is 108 Å². The number of hydrogen-bond donors (Lipinski definition) is 0. The summed E-state index contributed by atoms with van der Waals surface area (Å²) in [7, 11) is 0. The summed E-state index contributed by atoms with van der Waals surface area (Å²) in [5.74, 6) is 0. The number of hydrogen-bond acceptors (Lipinski definition) is 1. The topological polar surface area (TPSA) is 0 Å². The lowest BCUT2D eigenvalue weighted by molar-refractivity contribution is 0.801. The first-order valence-corrected chi connectivity index (χ1v) is 18.9. The Bertz CT molecular complexity index is 3090. The van der Waals surface area contributed by atoms with Crippen molar-refractivity contribution in [2.75, 3.05) is 0 Å². The first-order chi connectivity index (χ1) is 25.8. The summed E-state index contributed by atoms with van der Waals surface area (Å²) < 4.78 is 2.68. The molecule has 1 heterocycles. The maximum atomic E-state index is 2.44. The van der Waals surface area contributed by atoms with Crippen LogP contribution in [0.25, 0.3) is 86.2 Å². The van der Waals surface area contributed by atoms with Gasteiger partial charge in [0.05, 0.1) is 5.41 Å². The van der Waals surface area contributed by atoms with E-state index >= 15 is 0 Å². The zero-order valence-electron chi connectivity index (χ0n) is 28.2. The van der Waals surface area contributed by atoms with Crippen molar-refractivity contribution in [1.82, 2.24) is 0 Å². The van der Waals surface area contributed by atoms with E-state index in [2.05, 4.69) is 182 Å². The van der Waals surface area contributed by atoms with Crippen molar-refractivity contribution in [3.8, 4) is 44.5 Å². The summed E-state index contributed by atoms with van der Waals surface area (Å²) in [4.78, 5) is 0. The highest BCUT2D eigenvalue weighted by atomic mass is 32.1. The molecule has 1 aromatic heterocycles. The Kier molecular flexibility index (Phi) is 5.68. The summed E-state index contributed by atoms with van der Waals surface area (Å²) in [6, 6.07) is 68.5. The van der Waals surface area contributed by atoms with Gasteiger partial charge in [-0.1, -0.05) is 152 Å². The van der Waals surface area contributed by atoms with Gasteiger partial charge in [0, 0.05) is 20.2 Å². The monoisotopic (exact) mass is 674 g/mol. The van der Waals surface area contributed by atoms with Crippen LogP contribution in [0, 0.1) is 0 Å².